The van der Waals surface area contributed by atoms with Gasteiger partial charge in [0.25, 0.3) is 0 Å². The van der Waals surface area contributed by atoms with Crippen LogP contribution < -0.4 is 0 Å². The van der Waals surface area contributed by atoms with Gasteiger partial charge in [-0.25, -0.2) is 0 Å². The molecule has 0 saturated carbocycles. The van der Waals surface area contributed by atoms with E-state index in [0.29, 0.717) is 6.08 Å². The molecule has 33 heavy (non-hydrogen) atoms. The zero-order valence-electron chi connectivity index (χ0n) is 16.7. The molecule has 0 aliphatic heterocycles. The Morgan fingerprint density at radius 2 is 0.788 bits per heavy atom. The fraction of sp³-hybridized carbons (Fsp3) is 0.882. The largest absolute Gasteiger partial charge is 0.384 e. The van der Waals surface area contributed by atoms with Gasteiger partial charge in [-0.2, -0.15) is 70.2 Å². The molecule has 0 heterocycles. The molecule has 0 radical (unpaired) electrons. The lowest BCUT2D eigenvalue weighted by Gasteiger charge is -2.43. The summed E-state index contributed by atoms with van der Waals surface area (Å²) in [4.78, 5) is 0. The molecule has 0 unspecified atom stereocenters. The van der Waals surface area contributed by atoms with Crippen LogP contribution in [0.2, 0.25) is 0 Å². The predicted molar refractivity (Wildman–Crippen MR) is 83.1 cm³/mol. The summed E-state index contributed by atoms with van der Waals surface area (Å²) in [5, 5.41) is 0. The molecule has 0 fully saturated rings. The first-order chi connectivity index (χ1) is 14.4. The van der Waals surface area contributed by atoms with Crippen LogP contribution in [0.15, 0.2) is 12.2 Å². The van der Waals surface area contributed by atoms with Gasteiger partial charge in [0.15, 0.2) is 0 Å². The van der Waals surface area contributed by atoms with E-state index in [1.807, 2.05) is 0 Å². The standard InChI is InChI=1S/C17H18F16/c1-3-5-7-9-11(20,21)13(24,25)15(28,29)17(32,33)16(30,31)14(26,27)12(22,23)10(18,19)8-6-4-2/h3,5H,4,6-9H2,1-2H3/b5-3+. The highest BCUT2D eigenvalue weighted by Gasteiger charge is 2.94. The minimum Gasteiger partial charge on any atom is -0.200 e. The monoisotopic (exact) mass is 526 g/mol. The van der Waals surface area contributed by atoms with Crippen molar-refractivity contribution in [3.8, 4) is 0 Å². The molecule has 0 aromatic carbocycles. The molecule has 0 bridgehead atoms. The zero-order valence-corrected chi connectivity index (χ0v) is 16.7. The summed E-state index contributed by atoms with van der Waals surface area (Å²) < 4.78 is 217. The minimum atomic E-state index is -8.35. The highest BCUT2D eigenvalue weighted by atomic mass is 19.4. The lowest BCUT2D eigenvalue weighted by Crippen LogP contribution is -2.74. The molecular formula is C17H18F16. The van der Waals surface area contributed by atoms with Crippen LogP contribution in [-0.4, -0.2) is 47.4 Å². The summed E-state index contributed by atoms with van der Waals surface area (Å²) in [7, 11) is 0. The van der Waals surface area contributed by atoms with E-state index in [1.165, 1.54) is 0 Å². The number of hydrogen-bond acceptors (Lipinski definition) is 0. The topological polar surface area (TPSA) is 0 Å². The molecule has 0 N–H and O–H groups in total. The van der Waals surface area contributed by atoms with Crippen LogP contribution in [-0.2, 0) is 0 Å². The molecular weight excluding hydrogens is 508 g/mol. The van der Waals surface area contributed by atoms with E-state index in [-0.39, 0.29) is 0 Å². The molecule has 0 nitrogen and oxygen atoms in total. The van der Waals surface area contributed by atoms with E-state index in [2.05, 4.69) is 0 Å². The Morgan fingerprint density at radius 1 is 0.485 bits per heavy atom. The highest BCUT2D eigenvalue weighted by molar-refractivity contribution is 5.16. The van der Waals surface area contributed by atoms with Crippen molar-refractivity contribution in [1.82, 2.24) is 0 Å². The third-order valence-electron chi connectivity index (χ3n) is 4.60. The van der Waals surface area contributed by atoms with Crippen molar-refractivity contribution in [2.75, 3.05) is 0 Å². The second-order valence-electron chi connectivity index (χ2n) is 7.07. The van der Waals surface area contributed by atoms with Crippen LogP contribution in [0.5, 0.6) is 0 Å². The molecule has 0 spiro atoms. The van der Waals surface area contributed by atoms with E-state index in [0.717, 1.165) is 19.9 Å². The van der Waals surface area contributed by atoms with E-state index in [9.17, 15) is 70.2 Å². The zero-order chi connectivity index (χ0) is 26.9. The van der Waals surface area contributed by atoms with Crippen molar-refractivity contribution >= 4 is 0 Å². The van der Waals surface area contributed by atoms with Crippen molar-refractivity contribution in [2.24, 2.45) is 0 Å². The molecule has 0 rings (SSSR count). The maximum Gasteiger partial charge on any atom is 0.384 e. The highest BCUT2D eigenvalue weighted by Crippen LogP contribution is 2.64. The van der Waals surface area contributed by atoms with Gasteiger partial charge in [0, 0.05) is 12.8 Å². The quantitative estimate of drug-likeness (QED) is 0.167. The van der Waals surface area contributed by atoms with Gasteiger partial charge < -0.3 is 0 Å². The van der Waals surface area contributed by atoms with Gasteiger partial charge in [-0.15, -0.1) is 0 Å². The molecule has 0 aliphatic carbocycles. The van der Waals surface area contributed by atoms with Crippen LogP contribution in [0.3, 0.4) is 0 Å². The van der Waals surface area contributed by atoms with Crippen molar-refractivity contribution in [2.45, 2.75) is 93.3 Å². The average molecular weight is 526 g/mol. The Kier molecular flexibility index (Phi) is 8.95. The molecule has 16 heteroatoms. The Labute approximate surface area is 177 Å². The summed E-state index contributed by atoms with van der Waals surface area (Å²) in [6.07, 6.45) is -5.79. The smallest absolute Gasteiger partial charge is 0.200 e. The Balaban J connectivity index is 6.57. The fourth-order valence-electron chi connectivity index (χ4n) is 2.39. The summed E-state index contributed by atoms with van der Waals surface area (Å²) in [6, 6.07) is 0. The molecule has 0 saturated heterocycles. The molecule has 0 amide bonds. The van der Waals surface area contributed by atoms with Gasteiger partial charge in [-0.3, -0.25) is 0 Å². The lowest BCUT2D eigenvalue weighted by molar-refractivity contribution is -0.453. The first-order valence-corrected chi connectivity index (χ1v) is 9.01. The first kappa shape index (κ1) is 31.6. The number of alkyl halides is 16. The molecule has 0 aromatic heterocycles. The normalized spacial score (nSPS) is 16.1. The summed E-state index contributed by atoms with van der Waals surface area (Å²) >= 11 is 0. The minimum absolute atomic E-state index is 0.420. The van der Waals surface area contributed by atoms with Gasteiger partial charge in [-0.05, 0) is 19.8 Å². The van der Waals surface area contributed by atoms with Gasteiger partial charge in [0.05, 0.1) is 0 Å². The second-order valence-corrected chi connectivity index (χ2v) is 7.07. The number of hydrogen-bond donors (Lipinski definition) is 0. The average Bonchev–Trinajstić information content (AvgIpc) is 2.65. The van der Waals surface area contributed by atoms with Crippen LogP contribution in [0.1, 0.15) is 46.0 Å². The third-order valence-corrected chi connectivity index (χ3v) is 4.60. The van der Waals surface area contributed by atoms with E-state index in [1.54, 1.807) is 0 Å². The SMILES string of the molecule is C/C=C/CCC(F)(F)C(F)(F)C(F)(F)C(F)(F)C(F)(F)C(F)(F)C(F)(F)C(F)(F)CCCC. The maximum absolute atomic E-state index is 13.7. The maximum atomic E-state index is 13.7. The Hall–Kier alpha value is -1.38. The molecule has 0 aromatic rings. The van der Waals surface area contributed by atoms with Crippen LogP contribution in [0.25, 0.3) is 0 Å². The van der Waals surface area contributed by atoms with E-state index >= 15 is 0 Å². The number of unbranched alkanes of at least 4 members (excludes halogenated alkanes) is 1. The second kappa shape index (κ2) is 9.34. The Morgan fingerprint density at radius 3 is 1.09 bits per heavy atom. The van der Waals surface area contributed by atoms with E-state index in [4.69, 9.17) is 0 Å². The molecule has 0 aliphatic rings. The predicted octanol–water partition coefficient (Wildman–Crippen LogP) is 8.62. The van der Waals surface area contributed by atoms with Crippen LogP contribution >= 0.6 is 0 Å². The van der Waals surface area contributed by atoms with Crippen molar-refractivity contribution in [3.05, 3.63) is 12.2 Å². The number of rotatable bonds is 13. The van der Waals surface area contributed by atoms with Crippen LogP contribution in [0, 0.1) is 0 Å². The van der Waals surface area contributed by atoms with Crippen molar-refractivity contribution in [1.29, 1.82) is 0 Å². The van der Waals surface area contributed by atoms with Gasteiger partial charge in [0.1, 0.15) is 0 Å². The summed E-state index contributed by atoms with van der Waals surface area (Å²) in [6.45, 7) is 2.16. The van der Waals surface area contributed by atoms with Gasteiger partial charge >= 0.3 is 47.4 Å². The van der Waals surface area contributed by atoms with Gasteiger partial charge in [0.2, 0.25) is 0 Å². The third kappa shape index (κ3) is 4.76. The number of halogens is 16. The first-order valence-electron chi connectivity index (χ1n) is 9.01. The van der Waals surface area contributed by atoms with Gasteiger partial charge in [-0.1, -0.05) is 25.5 Å². The van der Waals surface area contributed by atoms with Crippen LogP contribution in [0.4, 0.5) is 70.2 Å². The summed E-state index contributed by atoms with van der Waals surface area (Å²) in [5.74, 6) is -60.3. The lowest BCUT2D eigenvalue weighted by atomic mass is 9.86. The fourth-order valence-corrected chi connectivity index (χ4v) is 2.39. The van der Waals surface area contributed by atoms with Crippen molar-refractivity contribution < 1.29 is 70.2 Å². The number of allylic oxidation sites excluding steroid dienone is 2. The molecule has 198 valence electrons. The molecule has 0 atom stereocenters. The summed E-state index contributed by atoms with van der Waals surface area (Å²) in [5.41, 5.74) is 0. The Bertz CT molecular complexity index is 677. The van der Waals surface area contributed by atoms with E-state index < -0.39 is 79.5 Å². The van der Waals surface area contributed by atoms with Crippen molar-refractivity contribution in [3.63, 3.8) is 0 Å².